The van der Waals surface area contributed by atoms with Crippen molar-refractivity contribution in [2.75, 3.05) is 12.4 Å². The van der Waals surface area contributed by atoms with Gasteiger partial charge in [-0.1, -0.05) is 20.8 Å². The number of hydrogen-bond acceptors (Lipinski definition) is 4. The monoisotopic (exact) mass is 382 g/mol. The normalized spacial score (nSPS) is 10.9. The van der Waals surface area contributed by atoms with Crippen LogP contribution in [-0.2, 0) is 6.42 Å². The highest BCUT2D eigenvalue weighted by molar-refractivity contribution is 14.1. The van der Waals surface area contributed by atoms with E-state index in [1.807, 2.05) is 19.3 Å². The summed E-state index contributed by atoms with van der Waals surface area (Å²) < 4.78 is 1.09. The van der Waals surface area contributed by atoms with Gasteiger partial charge in [0.1, 0.15) is 5.82 Å². The smallest absolute Gasteiger partial charge is 0.162 e. The molecule has 106 valence electrons. The first-order valence-electron chi connectivity index (χ1n) is 6.76. The van der Waals surface area contributed by atoms with Gasteiger partial charge in [0.25, 0.3) is 0 Å². The van der Waals surface area contributed by atoms with Crippen molar-refractivity contribution < 1.29 is 0 Å². The van der Waals surface area contributed by atoms with E-state index < -0.39 is 0 Å². The zero-order valence-electron chi connectivity index (χ0n) is 12.2. The molecular weight excluding hydrogens is 363 g/mol. The van der Waals surface area contributed by atoms with Crippen LogP contribution in [0.25, 0.3) is 11.4 Å². The predicted molar refractivity (Wildman–Crippen MR) is 91.0 cm³/mol. The van der Waals surface area contributed by atoms with E-state index >= 15 is 0 Å². The highest BCUT2D eigenvalue weighted by Gasteiger charge is 2.16. The molecule has 2 aromatic heterocycles. The number of nitrogens with zero attached hydrogens (tertiary/aromatic N) is 3. The SMILES string of the molecule is CCc1cnccc1-c1nc(NC)c(I)c(C(C)C)n1. The van der Waals surface area contributed by atoms with Crippen LogP contribution in [0.2, 0.25) is 0 Å². The van der Waals surface area contributed by atoms with Gasteiger partial charge in [-0.3, -0.25) is 4.98 Å². The molecule has 0 aliphatic carbocycles. The average molecular weight is 382 g/mol. The van der Waals surface area contributed by atoms with Gasteiger partial charge in [0, 0.05) is 25.0 Å². The molecule has 2 heterocycles. The minimum absolute atomic E-state index is 0.364. The lowest BCUT2D eigenvalue weighted by Crippen LogP contribution is -2.07. The molecule has 0 radical (unpaired) electrons. The Morgan fingerprint density at radius 1 is 1.30 bits per heavy atom. The van der Waals surface area contributed by atoms with Gasteiger partial charge in [0.15, 0.2) is 5.82 Å². The van der Waals surface area contributed by atoms with Crippen LogP contribution in [0.5, 0.6) is 0 Å². The number of pyridine rings is 1. The van der Waals surface area contributed by atoms with Crippen molar-refractivity contribution in [1.29, 1.82) is 0 Å². The lowest BCUT2D eigenvalue weighted by molar-refractivity contribution is 0.809. The first-order chi connectivity index (χ1) is 9.58. The zero-order chi connectivity index (χ0) is 14.7. The summed E-state index contributed by atoms with van der Waals surface area (Å²) in [5.74, 6) is 2.03. The summed E-state index contributed by atoms with van der Waals surface area (Å²) in [5.41, 5.74) is 3.32. The summed E-state index contributed by atoms with van der Waals surface area (Å²) in [6.07, 6.45) is 4.61. The second-order valence-corrected chi connectivity index (χ2v) is 5.96. The molecule has 4 nitrogen and oxygen atoms in total. The second-order valence-electron chi connectivity index (χ2n) is 4.89. The van der Waals surface area contributed by atoms with E-state index in [4.69, 9.17) is 4.98 Å². The van der Waals surface area contributed by atoms with Crippen molar-refractivity contribution in [3.05, 3.63) is 33.3 Å². The van der Waals surface area contributed by atoms with Crippen molar-refractivity contribution in [2.45, 2.75) is 33.1 Å². The largest absolute Gasteiger partial charge is 0.372 e. The van der Waals surface area contributed by atoms with Gasteiger partial charge >= 0.3 is 0 Å². The van der Waals surface area contributed by atoms with Crippen molar-refractivity contribution >= 4 is 28.4 Å². The Labute approximate surface area is 133 Å². The van der Waals surface area contributed by atoms with E-state index in [2.05, 4.69) is 58.6 Å². The molecule has 0 aliphatic heterocycles. The Kier molecular flexibility index (Phi) is 4.91. The number of hydrogen-bond donors (Lipinski definition) is 1. The number of aromatic nitrogens is 3. The Balaban J connectivity index is 2.65. The molecule has 0 aliphatic rings. The van der Waals surface area contributed by atoms with Crippen LogP contribution in [0.4, 0.5) is 5.82 Å². The van der Waals surface area contributed by atoms with Crippen LogP contribution < -0.4 is 5.32 Å². The standard InChI is InChI=1S/C15H19IN4/c1-5-10-8-18-7-6-11(10)14-19-13(9(2)3)12(16)15(17-4)20-14/h6-9H,5H2,1-4H3,(H,17,19,20). The van der Waals surface area contributed by atoms with Crippen molar-refractivity contribution in [1.82, 2.24) is 15.0 Å². The third-order valence-electron chi connectivity index (χ3n) is 3.19. The molecular formula is C15H19IN4. The Morgan fingerprint density at radius 2 is 2.05 bits per heavy atom. The van der Waals surface area contributed by atoms with Gasteiger partial charge in [-0.2, -0.15) is 0 Å². The van der Waals surface area contributed by atoms with Gasteiger partial charge in [-0.05, 0) is 46.6 Å². The molecule has 2 rings (SSSR count). The maximum atomic E-state index is 4.77. The van der Waals surface area contributed by atoms with Crippen LogP contribution in [-0.4, -0.2) is 22.0 Å². The molecule has 1 N–H and O–H groups in total. The fourth-order valence-electron chi connectivity index (χ4n) is 2.06. The number of rotatable bonds is 4. The van der Waals surface area contributed by atoms with Gasteiger partial charge in [-0.15, -0.1) is 0 Å². The minimum Gasteiger partial charge on any atom is -0.372 e. The molecule has 0 amide bonds. The van der Waals surface area contributed by atoms with Crippen LogP contribution >= 0.6 is 22.6 Å². The predicted octanol–water partition coefficient (Wildman–Crippen LogP) is 3.87. The van der Waals surface area contributed by atoms with Crippen LogP contribution in [0.3, 0.4) is 0 Å². The van der Waals surface area contributed by atoms with Crippen molar-refractivity contribution in [2.24, 2.45) is 0 Å². The summed E-state index contributed by atoms with van der Waals surface area (Å²) in [7, 11) is 1.89. The molecule has 0 aromatic carbocycles. The van der Waals surface area contributed by atoms with Crippen LogP contribution in [0.15, 0.2) is 18.5 Å². The summed E-state index contributed by atoms with van der Waals surface area (Å²) >= 11 is 2.31. The molecule has 0 fully saturated rings. The fraction of sp³-hybridized carbons (Fsp3) is 0.400. The Morgan fingerprint density at radius 3 is 2.65 bits per heavy atom. The van der Waals surface area contributed by atoms with Crippen LogP contribution in [0.1, 0.15) is 37.9 Å². The summed E-state index contributed by atoms with van der Waals surface area (Å²) in [6, 6.07) is 1.99. The molecule has 0 saturated carbocycles. The van der Waals surface area contributed by atoms with E-state index in [0.717, 1.165) is 32.9 Å². The molecule has 5 heteroatoms. The minimum atomic E-state index is 0.364. The number of anilines is 1. The molecule has 0 atom stereocenters. The lowest BCUT2D eigenvalue weighted by atomic mass is 10.1. The number of aryl methyl sites for hydroxylation is 1. The molecule has 0 bridgehead atoms. The van der Waals surface area contributed by atoms with E-state index in [9.17, 15) is 0 Å². The third-order valence-corrected chi connectivity index (χ3v) is 4.25. The van der Waals surface area contributed by atoms with E-state index in [-0.39, 0.29) is 0 Å². The number of nitrogens with one attached hydrogen (secondary N) is 1. The maximum Gasteiger partial charge on any atom is 0.162 e. The van der Waals surface area contributed by atoms with Crippen molar-refractivity contribution in [3.63, 3.8) is 0 Å². The summed E-state index contributed by atoms with van der Waals surface area (Å²) in [6.45, 7) is 6.43. The van der Waals surface area contributed by atoms with Gasteiger partial charge in [-0.25, -0.2) is 9.97 Å². The summed E-state index contributed by atoms with van der Waals surface area (Å²) in [5, 5.41) is 3.16. The first-order valence-corrected chi connectivity index (χ1v) is 7.84. The Bertz CT molecular complexity index is 611. The highest BCUT2D eigenvalue weighted by atomic mass is 127. The van der Waals surface area contributed by atoms with E-state index in [1.165, 1.54) is 5.56 Å². The lowest BCUT2D eigenvalue weighted by Gasteiger charge is -2.14. The fourth-order valence-corrected chi connectivity index (χ4v) is 3.19. The molecule has 2 aromatic rings. The highest BCUT2D eigenvalue weighted by Crippen LogP contribution is 2.29. The molecule has 0 spiro atoms. The molecule has 0 unspecified atom stereocenters. The average Bonchev–Trinajstić information content (AvgIpc) is 2.47. The van der Waals surface area contributed by atoms with Gasteiger partial charge < -0.3 is 5.32 Å². The quantitative estimate of drug-likeness (QED) is 0.816. The van der Waals surface area contributed by atoms with E-state index in [0.29, 0.717) is 5.92 Å². The molecule has 0 saturated heterocycles. The zero-order valence-corrected chi connectivity index (χ0v) is 14.4. The maximum absolute atomic E-state index is 4.77. The van der Waals surface area contributed by atoms with Crippen molar-refractivity contribution in [3.8, 4) is 11.4 Å². The van der Waals surface area contributed by atoms with Crippen LogP contribution in [0, 0.1) is 3.57 Å². The topological polar surface area (TPSA) is 50.7 Å². The van der Waals surface area contributed by atoms with E-state index in [1.54, 1.807) is 6.20 Å². The second kappa shape index (κ2) is 6.47. The Hall–Kier alpha value is -1.24. The number of halogens is 1. The van der Waals surface area contributed by atoms with Gasteiger partial charge in [0.2, 0.25) is 0 Å². The first kappa shape index (κ1) is 15.2. The summed E-state index contributed by atoms with van der Waals surface area (Å²) in [4.78, 5) is 13.6. The molecule has 20 heavy (non-hydrogen) atoms. The van der Waals surface area contributed by atoms with Gasteiger partial charge in [0.05, 0.1) is 9.26 Å². The third kappa shape index (κ3) is 2.92.